The van der Waals surface area contributed by atoms with Crippen LogP contribution in [-0.4, -0.2) is 39.0 Å². The van der Waals surface area contributed by atoms with Gasteiger partial charge >= 0.3 is 0 Å². The van der Waals surface area contributed by atoms with Crippen LogP contribution in [0.5, 0.6) is 0 Å². The average Bonchev–Trinajstić information content (AvgIpc) is 3.11. The Morgan fingerprint density at radius 2 is 2.14 bits per heavy atom. The Morgan fingerprint density at radius 3 is 2.95 bits per heavy atom. The van der Waals surface area contributed by atoms with Crippen molar-refractivity contribution in [3.63, 3.8) is 0 Å². The minimum Gasteiger partial charge on any atom is -0.377 e. The quantitative estimate of drug-likeness (QED) is 0.903. The highest BCUT2D eigenvalue weighted by Crippen LogP contribution is 2.52. The molecule has 21 heavy (non-hydrogen) atoms. The molecule has 1 aliphatic carbocycles. The molecule has 0 unspecified atom stereocenters. The van der Waals surface area contributed by atoms with E-state index in [0.717, 1.165) is 13.0 Å². The van der Waals surface area contributed by atoms with Crippen LogP contribution < -0.4 is 5.32 Å². The molecule has 0 aromatic carbocycles. The molecule has 110 valence electrons. The summed E-state index contributed by atoms with van der Waals surface area (Å²) in [5.41, 5.74) is 0.934. The van der Waals surface area contributed by atoms with E-state index in [1.807, 2.05) is 6.20 Å². The Labute approximate surface area is 122 Å². The zero-order chi connectivity index (χ0) is 14.6. The van der Waals surface area contributed by atoms with E-state index in [0.29, 0.717) is 17.3 Å². The number of aromatic nitrogens is 3. The summed E-state index contributed by atoms with van der Waals surface area (Å²) in [4.78, 5) is 21.0. The van der Waals surface area contributed by atoms with Gasteiger partial charge in [0.1, 0.15) is 0 Å². The number of fused-ring (bicyclic) bond motifs is 2. The summed E-state index contributed by atoms with van der Waals surface area (Å²) in [6, 6.07) is 0.134. The van der Waals surface area contributed by atoms with Gasteiger partial charge in [-0.25, -0.2) is 9.97 Å². The maximum absolute atomic E-state index is 12.6. The molecule has 2 aromatic heterocycles. The van der Waals surface area contributed by atoms with Crippen molar-refractivity contribution in [2.75, 3.05) is 6.61 Å². The largest absolute Gasteiger partial charge is 0.377 e. The third-order valence-corrected chi connectivity index (χ3v) is 4.91. The maximum atomic E-state index is 12.6. The highest BCUT2D eigenvalue weighted by atomic mass is 16.5. The molecule has 0 bridgehead atoms. The van der Waals surface area contributed by atoms with Crippen LogP contribution in [0.15, 0.2) is 24.8 Å². The molecule has 1 saturated carbocycles. The lowest BCUT2D eigenvalue weighted by Gasteiger charge is -2.54. The topological polar surface area (TPSA) is 68.5 Å². The van der Waals surface area contributed by atoms with Crippen molar-refractivity contribution in [2.45, 2.75) is 32.4 Å². The van der Waals surface area contributed by atoms with E-state index in [-0.39, 0.29) is 23.5 Å². The minimum atomic E-state index is -0.157. The van der Waals surface area contributed by atoms with Crippen molar-refractivity contribution in [1.82, 2.24) is 19.7 Å². The minimum absolute atomic E-state index is 0.0304. The molecule has 4 rings (SSSR count). The van der Waals surface area contributed by atoms with Gasteiger partial charge in [-0.1, -0.05) is 13.8 Å². The fraction of sp³-hybridized carbons (Fsp3) is 0.533. The first-order valence-corrected chi connectivity index (χ1v) is 7.29. The first-order chi connectivity index (χ1) is 10.1. The summed E-state index contributed by atoms with van der Waals surface area (Å²) in [5, 5.41) is 3.14. The number of hydrogen-bond donors (Lipinski definition) is 1. The lowest BCUT2D eigenvalue weighted by Crippen LogP contribution is -2.66. The molecule has 1 amide bonds. The molecule has 3 heterocycles. The zero-order valence-electron chi connectivity index (χ0n) is 12.1. The second-order valence-electron chi connectivity index (χ2n) is 6.45. The van der Waals surface area contributed by atoms with Crippen LogP contribution in [0, 0.1) is 11.3 Å². The lowest BCUT2D eigenvalue weighted by molar-refractivity contribution is -0.108. The Morgan fingerprint density at radius 1 is 1.38 bits per heavy atom. The molecule has 2 fully saturated rings. The molecule has 1 saturated heterocycles. The number of amides is 1. The van der Waals surface area contributed by atoms with Gasteiger partial charge < -0.3 is 14.5 Å². The van der Waals surface area contributed by atoms with Gasteiger partial charge in [0, 0.05) is 48.8 Å². The van der Waals surface area contributed by atoms with Gasteiger partial charge in [-0.2, -0.15) is 0 Å². The fourth-order valence-corrected chi connectivity index (χ4v) is 3.84. The molecule has 1 aliphatic heterocycles. The Balaban J connectivity index is 1.60. The number of nitrogens with one attached hydrogen (secondary N) is 1. The van der Waals surface area contributed by atoms with Gasteiger partial charge in [0.05, 0.1) is 6.10 Å². The molecule has 2 aliphatic rings. The van der Waals surface area contributed by atoms with Gasteiger partial charge in [-0.3, -0.25) is 4.79 Å². The van der Waals surface area contributed by atoms with Gasteiger partial charge in [0.25, 0.3) is 5.91 Å². The van der Waals surface area contributed by atoms with Gasteiger partial charge in [-0.05, 0) is 6.42 Å². The fourth-order valence-electron chi connectivity index (χ4n) is 3.84. The maximum Gasteiger partial charge on any atom is 0.274 e. The van der Waals surface area contributed by atoms with Crippen molar-refractivity contribution < 1.29 is 9.53 Å². The van der Waals surface area contributed by atoms with Crippen molar-refractivity contribution in [1.29, 1.82) is 0 Å². The highest BCUT2D eigenvalue weighted by molar-refractivity contribution is 5.98. The second kappa shape index (κ2) is 4.27. The monoisotopic (exact) mass is 286 g/mol. The molecule has 0 radical (unpaired) electrons. The normalized spacial score (nSPS) is 29.9. The SMILES string of the molecule is CC1(C)[C@H](NC(=O)c2nccn3ccnc23)[C@H]2CCO[C@@H]21. The van der Waals surface area contributed by atoms with Crippen LogP contribution in [-0.2, 0) is 4.74 Å². The average molecular weight is 286 g/mol. The molecule has 2 aromatic rings. The summed E-state index contributed by atoms with van der Waals surface area (Å²) in [6.45, 7) is 5.08. The van der Waals surface area contributed by atoms with Crippen molar-refractivity contribution in [3.05, 3.63) is 30.5 Å². The summed E-state index contributed by atoms with van der Waals surface area (Å²) in [5.74, 6) is 0.263. The number of carbonyl (C=O) groups excluding carboxylic acids is 1. The smallest absolute Gasteiger partial charge is 0.274 e. The standard InChI is InChI=1S/C15H18N4O2/c1-15(2)11(9-3-8-21-12(9)15)18-14(20)10-13-17-5-7-19(13)6-4-16-10/h4-7,9,11-12H,3,8H2,1-2H3,(H,18,20)/t9-,11-,12+/m1/s1. The van der Waals surface area contributed by atoms with E-state index < -0.39 is 0 Å². The first-order valence-electron chi connectivity index (χ1n) is 7.29. The summed E-state index contributed by atoms with van der Waals surface area (Å²) in [6.07, 6.45) is 8.16. The molecule has 1 N–H and O–H groups in total. The zero-order valence-corrected chi connectivity index (χ0v) is 12.1. The van der Waals surface area contributed by atoms with Crippen LogP contribution in [0.2, 0.25) is 0 Å². The Kier molecular flexibility index (Phi) is 2.60. The van der Waals surface area contributed by atoms with E-state index >= 15 is 0 Å². The number of imidazole rings is 1. The highest BCUT2D eigenvalue weighted by Gasteiger charge is 2.59. The van der Waals surface area contributed by atoms with Gasteiger partial charge in [0.2, 0.25) is 0 Å². The molecular weight excluding hydrogens is 268 g/mol. The van der Waals surface area contributed by atoms with Crippen LogP contribution in [0.25, 0.3) is 5.65 Å². The van der Waals surface area contributed by atoms with Crippen LogP contribution in [0.4, 0.5) is 0 Å². The van der Waals surface area contributed by atoms with E-state index in [2.05, 4.69) is 29.1 Å². The summed E-state index contributed by atoms with van der Waals surface area (Å²) >= 11 is 0. The summed E-state index contributed by atoms with van der Waals surface area (Å²) < 4.78 is 7.56. The molecular formula is C15H18N4O2. The van der Waals surface area contributed by atoms with E-state index in [4.69, 9.17) is 4.74 Å². The van der Waals surface area contributed by atoms with E-state index in [9.17, 15) is 4.79 Å². The van der Waals surface area contributed by atoms with E-state index in [1.165, 1.54) is 0 Å². The van der Waals surface area contributed by atoms with Crippen LogP contribution >= 0.6 is 0 Å². The lowest BCUT2D eigenvalue weighted by atomic mass is 9.57. The number of ether oxygens (including phenoxy) is 1. The molecule has 0 spiro atoms. The van der Waals surface area contributed by atoms with Gasteiger partial charge in [-0.15, -0.1) is 0 Å². The number of nitrogens with zero attached hydrogens (tertiary/aromatic N) is 3. The van der Waals surface area contributed by atoms with Crippen molar-refractivity contribution in [3.8, 4) is 0 Å². The predicted molar refractivity (Wildman–Crippen MR) is 75.9 cm³/mol. The number of carbonyl (C=O) groups is 1. The third-order valence-electron chi connectivity index (χ3n) is 4.91. The predicted octanol–water partition coefficient (Wildman–Crippen LogP) is 1.27. The summed E-state index contributed by atoms with van der Waals surface area (Å²) in [7, 11) is 0. The molecule has 6 nitrogen and oxygen atoms in total. The molecule has 6 heteroatoms. The second-order valence-corrected chi connectivity index (χ2v) is 6.45. The van der Waals surface area contributed by atoms with Crippen molar-refractivity contribution in [2.24, 2.45) is 11.3 Å². The molecule has 3 atom stereocenters. The first kappa shape index (κ1) is 12.8. The Hall–Kier alpha value is -1.95. The Bertz CT molecular complexity index is 709. The third kappa shape index (κ3) is 1.72. The van der Waals surface area contributed by atoms with Crippen LogP contribution in [0.1, 0.15) is 30.8 Å². The van der Waals surface area contributed by atoms with Crippen molar-refractivity contribution >= 4 is 11.6 Å². The van der Waals surface area contributed by atoms with Crippen LogP contribution in [0.3, 0.4) is 0 Å². The number of rotatable bonds is 2. The number of hydrogen-bond acceptors (Lipinski definition) is 4. The van der Waals surface area contributed by atoms with Gasteiger partial charge in [0.15, 0.2) is 11.3 Å². The van der Waals surface area contributed by atoms with E-state index in [1.54, 1.807) is 23.0 Å².